The molecule has 4 heteroatoms. The monoisotopic (exact) mass is 1010 g/mol. The number of benzene rings is 7. The SMILES string of the molecule is Sc1cc(I)cc(-n2c3ccccc3c3c(-c4ccc(C(CC5=Cc6c(sc7ccccc67)CC5)C5=CCC6C(=C5)C(c5ccccc5)(c5ccccc5)C5C=CC=CC65)cc4)cccc32)c1. The first-order chi connectivity index (χ1) is 33.0. The predicted octanol–water partition coefficient (Wildman–Crippen LogP) is 17.3. The zero-order chi connectivity index (χ0) is 44.6. The van der Waals surface area contributed by atoms with Crippen LogP contribution in [0.1, 0.15) is 52.3 Å². The quantitative estimate of drug-likeness (QED) is 0.114. The van der Waals surface area contributed by atoms with E-state index in [4.69, 9.17) is 12.6 Å². The van der Waals surface area contributed by atoms with Gasteiger partial charge in [0.05, 0.1) is 11.0 Å². The molecule has 1 fully saturated rings. The Morgan fingerprint density at radius 3 is 2.19 bits per heavy atom. The van der Waals surface area contributed by atoms with E-state index in [1.165, 1.54) is 79.3 Å². The number of para-hydroxylation sites is 1. The number of hydrogen-bond acceptors (Lipinski definition) is 2. The molecule has 2 heterocycles. The maximum atomic E-state index is 4.80. The maximum absolute atomic E-state index is 4.80. The number of aryl methyl sites for hydroxylation is 1. The lowest BCUT2D eigenvalue weighted by atomic mass is 9.62. The highest BCUT2D eigenvalue weighted by molar-refractivity contribution is 14.1. The van der Waals surface area contributed by atoms with Crippen molar-refractivity contribution in [2.45, 2.75) is 41.9 Å². The number of aromatic nitrogens is 1. The predicted molar refractivity (Wildman–Crippen MR) is 295 cm³/mol. The number of thiol groups is 1. The summed E-state index contributed by atoms with van der Waals surface area (Å²) in [6.07, 6.45) is 21.8. The van der Waals surface area contributed by atoms with Gasteiger partial charge in [0.25, 0.3) is 0 Å². The Morgan fingerprint density at radius 1 is 0.687 bits per heavy atom. The van der Waals surface area contributed by atoms with E-state index in [1.54, 1.807) is 11.1 Å². The molecular formula is C63H48INS2. The first-order valence-electron chi connectivity index (χ1n) is 23.7. The zero-order valence-corrected chi connectivity index (χ0v) is 40.9. The van der Waals surface area contributed by atoms with E-state index in [0.717, 1.165) is 36.3 Å². The van der Waals surface area contributed by atoms with Crippen LogP contribution in [0.2, 0.25) is 0 Å². The van der Waals surface area contributed by atoms with Gasteiger partial charge in [-0.25, -0.2) is 0 Å². The molecule has 9 aromatic rings. The number of fused-ring (bicyclic) bond motifs is 9. The Bertz CT molecular complexity index is 3500. The van der Waals surface area contributed by atoms with Crippen molar-refractivity contribution in [2.75, 3.05) is 0 Å². The molecule has 0 amide bonds. The highest BCUT2D eigenvalue weighted by Crippen LogP contribution is 2.63. The second kappa shape index (κ2) is 16.7. The topological polar surface area (TPSA) is 4.93 Å². The van der Waals surface area contributed by atoms with Gasteiger partial charge in [0, 0.05) is 51.8 Å². The molecule has 13 rings (SSSR count). The lowest BCUT2D eigenvalue weighted by Gasteiger charge is -2.40. The molecule has 2 aromatic heterocycles. The van der Waals surface area contributed by atoms with Crippen molar-refractivity contribution >= 4 is 84.5 Å². The smallest absolute Gasteiger partial charge is 0.0547 e. The first kappa shape index (κ1) is 41.3. The number of halogens is 1. The molecule has 0 saturated heterocycles. The van der Waals surface area contributed by atoms with Crippen LogP contribution in [0, 0.1) is 21.3 Å². The fraction of sp³-hybridized carbons (Fsp3) is 0.143. The average molecular weight is 1010 g/mol. The first-order valence-corrected chi connectivity index (χ1v) is 26.1. The summed E-state index contributed by atoms with van der Waals surface area (Å²) in [5.74, 6) is 1.38. The molecule has 0 spiro atoms. The van der Waals surface area contributed by atoms with Crippen LogP contribution in [0.4, 0.5) is 0 Å². The molecule has 7 aromatic carbocycles. The molecule has 1 saturated carbocycles. The van der Waals surface area contributed by atoms with E-state index in [9.17, 15) is 0 Å². The van der Waals surface area contributed by atoms with Gasteiger partial charge in [0.2, 0.25) is 0 Å². The van der Waals surface area contributed by atoms with Crippen LogP contribution < -0.4 is 0 Å². The van der Waals surface area contributed by atoms with Gasteiger partial charge in [0.15, 0.2) is 0 Å². The molecule has 0 N–H and O–H groups in total. The molecule has 0 aliphatic heterocycles. The Hall–Kier alpha value is -5.92. The minimum Gasteiger partial charge on any atom is -0.309 e. The fourth-order valence-electron chi connectivity index (χ4n) is 12.7. The van der Waals surface area contributed by atoms with Crippen molar-refractivity contribution in [2.24, 2.45) is 17.8 Å². The van der Waals surface area contributed by atoms with Gasteiger partial charge in [-0.3, -0.25) is 0 Å². The molecule has 4 unspecified atom stereocenters. The Kier molecular flexibility index (Phi) is 10.3. The van der Waals surface area contributed by atoms with E-state index in [0.29, 0.717) is 17.8 Å². The zero-order valence-electron chi connectivity index (χ0n) is 37.0. The van der Waals surface area contributed by atoms with Crippen LogP contribution >= 0.6 is 46.6 Å². The number of rotatable bonds is 8. The van der Waals surface area contributed by atoms with Crippen LogP contribution in [0.25, 0.3) is 54.8 Å². The van der Waals surface area contributed by atoms with Crippen molar-refractivity contribution in [1.82, 2.24) is 4.57 Å². The lowest BCUT2D eigenvalue weighted by Crippen LogP contribution is -2.35. The third-order valence-electron chi connectivity index (χ3n) is 15.4. The van der Waals surface area contributed by atoms with E-state index in [2.05, 4.69) is 240 Å². The normalized spacial score (nSPS) is 19.7. The van der Waals surface area contributed by atoms with E-state index < -0.39 is 0 Å². The van der Waals surface area contributed by atoms with Gasteiger partial charge in [-0.2, -0.15) is 0 Å². The second-order valence-corrected chi connectivity index (χ2v) is 21.8. The minimum absolute atomic E-state index is 0.201. The van der Waals surface area contributed by atoms with Gasteiger partial charge in [-0.1, -0.05) is 187 Å². The van der Waals surface area contributed by atoms with Crippen LogP contribution in [0.15, 0.2) is 228 Å². The van der Waals surface area contributed by atoms with Gasteiger partial charge < -0.3 is 4.57 Å². The standard InChI is InChI=1S/C63H48INS2/c64-46-37-47(39-48(66)38-46)65-58-23-11-8-20-53(58)62-49(21-13-24-59(62)65)41-27-29-42(30-28-41)54(34-40-26-33-61-55(35-40)52-19-9-12-25-60(52)67-61)43-31-32-51-50-18-7-10-22-56(50)63(57(51)36-43,44-14-3-1-4-15-44)45-16-5-2-6-17-45/h1-25,27-31,35-39,50-51,54,56,66H,26,32-34H2. The molecule has 67 heavy (non-hydrogen) atoms. The number of thiophene rings is 1. The molecule has 0 bridgehead atoms. The summed E-state index contributed by atoms with van der Waals surface area (Å²) in [4.78, 5) is 2.49. The Balaban J connectivity index is 0.962. The van der Waals surface area contributed by atoms with E-state index >= 15 is 0 Å². The van der Waals surface area contributed by atoms with Crippen molar-refractivity contribution in [3.63, 3.8) is 0 Å². The summed E-state index contributed by atoms with van der Waals surface area (Å²) < 4.78 is 4.98. The van der Waals surface area contributed by atoms with Crippen molar-refractivity contribution in [3.8, 4) is 16.8 Å². The van der Waals surface area contributed by atoms with E-state index in [-0.39, 0.29) is 11.3 Å². The number of nitrogens with zero attached hydrogens (tertiary/aromatic N) is 1. The summed E-state index contributed by atoms with van der Waals surface area (Å²) in [6, 6.07) is 63.8. The van der Waals surface area contributed by atoms with Crippen molar-refractivity contribution < 1.29 is 0 Å². The maximum Gasteiger partial charge on any atom is 0.0547 e. The van der Waals surface area contributed by atoms with Gasteiger partial charge in [0.1, 0.15) is 0 Å². The molecule has 324 valence electrons. The summed E-state index contributed by atoms with van der Waals surface area (Å²) >= 11 is 9.18. The highest BCUT2D eigenvalue weighted by atomic mass is 127. The van der Waals surface area contributed by atoms with Crippen LogP contribution in [0.3, 0.4) is 0 Å². The second-order valence-electron chi connectivity index (χ2n) is 18.9. The molecule has 4 aliphatic rings. The third-order valence-corrected chi connectivity index (χ3v) is 17.6. The number of hydrogen-bond donors (Lipinski definition) is 1. The molecule has 0 radical (unpaired) electrons. The largest absolute Gasteiger partial charge is 0.309 e. The number of allylic oxidation sites excluding steroid dienone is 9. The van der Waals surface area contributed by atoms with Crippen molar-refractivity contribution in [1.29, 1.82) is 0 Å². The van der Waals surface area contributed by atoms with Crippen LogP contribution in [-0.2, 0) is 11.8 Å². The van der Waals surface area contributed by atoms with Gasteiger partial charge in [-0.05, 0) is 141 Å². The van der Waals surface area contributed by atoms with Gasteiger partial charge in [-0.15, -0.1) is 24.0 Å². The molecule has 1 nitrogen and oxygen atoms in total. The van der Waals surface area contributed by atoms with Gasteiger partial charge >= 0.3 is 0 Å². The van der Waals surface area contributed by atoms with E-state index in [1.807, 2.05) is 11.3 Å². The lowest BCUT2D eigenvalue weighted by molar-refractivity contribution is 0.395. The Morgan fingerprint density at radius 2 is 1.40 bits per heavy atom. The Labute approximate surface area is 416 Å². The molecule has 4 aliphatic carbocycles. The highest BCUT2D eigenvalue weighted by Gasteiger charge is 2.57. The summed E-state index contributed by atoms with van der Waals surface area (Å²) in [7, 11) is 0. The summed E-state index contributed by atoms with van der Waals surface area (Å²) in [5.41, 5.74) is 15.9. The molecule has 4 atom stereocenters. The summed E-state index contributed by atoms with van der Waals surface area (Å²) in [6.45, 7) is 0. The van der Waals surface area contributed by atoms with Crippen LogP contribution in [0.5, 0.6) is 0 Å². The average Bonchev–Trinajstić information content (AvgIpc) is 4.02. The van der Waals surface area contributed by atoms with Crippen LogP contribution in [-0.4, -0.2) is 4.57 Å². The van der Waals surface area contributed by atoms with Crippen molar-refractivity contribution in [3.05, 3.63) is 254 Å². The minimum atomic E-state index is -0.272. The fourth-order valence-corrected chi connectivity index (χ4v) is 15.0. The third kappa shape index (κ3) is 6.77. The summed E-state index contributed by atoms with van der Waals surface area (Å²) in [5, 5.41) is 3.94. The molecular weight excluding hydrogens is 962 g/mol.